The van der Waals surface area contributed by atoms with Crippen molar-refractivity contribution in [2.75, 3.05) is 4.90 Å². The average Bonchev–Trinajstić information content (AvgIpc) is 3.51. The van der Waals surface area contributed by atoms with Gasteiger partial charge >= 0.3 is 0 Å². The smallest absolute Gasteiger partial charge is 0.137 e. The van der Waals surface area contributed by atoms with E-state index in [1.54, 1.807) is 0 Å². The van der Waals surface area contributed by atoms with E-state index in [4.69, 9.17) is 4.42 Å². The standard InChI is InChI=1S/C44H29NO/c1-3-10-30(11-4-1)32-20-21-34-27-35(23-22-33(34)26-32)36-19-18-31-24-25-39(29-37(31)28-36)45(38-12-5-2-6-13-38)41-15-9-17-43-44(41)40-14-7-8-16-42(40)46-43/h1-29H. The zero-order valence-electron chi connectivity index (χ0n) is 25.1. The summed E-state index contributed by atoms with van der Waals surface area (Å²) in [4.78, 5) is 2.34. The van der Waals surface area contributed by atoms with E-state index >= 15 is 0 Å². The first-order valence-electron chi connectivity index (χ1n) is 15.7. The van der Waals surface area contributed by atoms with Crippen LogP contribution in [0.1, 0.15) is 0 Å². The maximum absolute atomic E-state index is 6.28. The molecule has 0 amide bonds. The van der Waals surface area contributed by atoms with Crippen molar-refractivity contribution in [3.05, 3.63) is 176 Å². The Bertz CT molecular complexity index is 2530. The molecule has 0 unspecified atom stereocenters. The number of hydrogen-bond acceptors (Lipinski definition) is 2. The first-order valence-corrected chi connectivity index (χ1v) is 15.7. The van der Waals surface area contributed by atoms with Crippen molar-refractivity contribution in [2.24, 2.45) is 0 Å². The summed E-state index contributed by atoms with van der Waals surface area (Å²) in [6.45, 7) is 0. The van der Waals surface area contributed by atoms with Gasteiger partial charge in [0.15, 0.2) is 0 Å². The van der Waals surface area contributed by atoms with Gasteiger partial charge in [0.1, 0.15) is 11.2 Å². The molecule has 0 bridgehead atoms. The molecule has 9 rings (SSSR count). The second-order valence-electron chi connectivity index (χ2n) is 11.8. The van der Waals surface area contributed by atoms with E-state index < -0.39 is 0 Å². The zero-order valence-corrected chi connectivity index (χ0v) is 25.1. The molecule has 0 radical (unpaired) electrons. The summed E-state index contributed by atoms with van der Waals surface area (Å²) in [6, 6.07) is 62.8. The molecule has 2 heteroatoms. The molecule has 46 heavy (non-hydrogen) atoms. The second kappa shape index (κ2) is 10.8. The van der Waals surface area contributed by atoms with Crippen LogP contribution in [0.3, 0.4) is 0 Å². The van der Waals surface area contributed by atoms with Gasteiger partial charge in [-0.05, 0) is 104 Å². The van der Waals surface area contributed by atoms with Gasteiger partial charge in [-0.1, -0.05) is 115 Å². The summed E-state index contributed by atoms with van der Waals surface area (Å²) in [7, 11) is 0. The van der Waals surface area contributed by atoms with Gasteiger partial charge in [0, 0.05) is 16.8 Å². The number of rotatable bonds is 5. The SMILES string of the molecule is c1ccc(-c2ccc3cc(-c4ccc5ccc(N(c6ccccc6)c6cccc7oc8ccccc8c67)cc5c4)ccc3c2)cc1. The van der Waals surface area contributed by atoms with Crippen molar-refractivity contribution in [1.29, 1.82) is 0 Å². The van der Waals surface area contributed by atoms with E-state index in [-0.39, 0.29) is 0 Å². The number of fused-ring (bicyclic) bond motifs is 5. The van der Waals surface area contributed by atoms with E-state index in [1.807, 2.05) is 12.1 Å². The van der Waals surface area contributed by atoms with Gasteiger partial charge < -0.3 is 9.32 Å². The maximum Gasteiger partial charge on any atom is 0.137 e. The lowest BCUT2D eigenvalue weighted by Gasteiger charge is -2.26. The molecule has 1 heterocycles. The van der Waals surface area contributed by atoms with Crippen LogP contribution in [0.4, 0.5) is 17.1 Å². The maximum atomic E-state index is 6.28. The Balaban J connectivity index is 1.16. The quantitative estimate of drug-likeness (QED) is 0.199. The van der Waals surface area contributed by atoms with Crippen LogP contribution in [0.5, 0.6) is 0 Å². The first-order chi connectivity index (χ1) is 22.8. The Morgan fingerprint density at radius 1 is 0.348 bits per heavy atom. The molecule has 8 aromatic carbocycles. The van der Waals surface area contributed by atoms with Gasteiger partial charge in [0.25, 0.3) is 0 Å². The molecule has 0 saturated heterocycles. The minimum atomic E-state index is 0.884. The van der Waals surface area contributed by atoms with Gasteiger partial charge in [-0.25, -0.2) is 0 Å². The van der Waals surface area contributed by atoms with E-state index in [1.165, 1.54) is 43.8 Å². The predicted molar refractivity (Wildman–Crippen MR) is 194 cm³/mol. The number of benzene rings is 8. The van der Waals surface area contributed by atoms with Crippen LogP contribution in [0, 0.1) is 0 Å². The summed E-state index contributed by atoms with van der Waals surface area (Å²) >= 11 is 0. The molecular weight excluding hydrogens is 558 g/mol. The first kappa shape index (κ1) is 26.3. The van der Waals surface area contributed by atoms with Crippen LogP contribution in [-0.2, 0) is 0 Å². The molecule has 0 spiro atoms. The molecule has 9 aromatic rings. The largest absolute Gasteiger partial charge is 0.456 e. The van der Waals surface area contributed by atoms with E-state index in [0.717, 1.165) is 39.0 Å². The molecule has 0 aliphatic heterocycles. The zero-order chi connectivity index (χ0) is 30.5. The van der Waals surface area contributed by atoms with Gasteiger partial charge in [0.05, 0.1) is 11.1 Å². The fourth-order valence-corrected chi connectivity index (χ4v) is 6.73. The highest BCUT2D eigenvalue weighted by Gasteiger charge is 2.19. The monoisotopic (exact) mass is 587 g/mol. The number of nitrogens with zero attached hydrogens (tertiary/aromatic N) is 1. The minimum absolute atomic E-state index is 0.884. The van der Waals surface area contributed by atoms with Crippen molar-refractivity contribution in [3.8, 4) is 22.3 Å². The summed E-state index contributed by atoms with van der Waals surface area (Å²) in [5.41, 5.74) is 9.95. The van der Waals surface area contributed by atoms with Crippen LogP contribution in [-0.4, -0.2) is 0 Å². The number of furan rings is 1. The fraction of sp³-hybridized carbons (Fsp3) is 0. The van der Waals surface area contributed by atoms with Gasteiger partial charge in [-0.3, -0.25) is 0 Å². The molecular formula is C44H29NO. The lowest BCUT2D eigenvalue weighted by Crippen LogP contribution is -2.10. The van der Waals surface area contributed by atoms with Crippen LogP contribution in [0.2, 0.25) is 0 Å². The third kappa shape index (κ3) is 4.51. The van der Waals surface area contributed by atoms with Crippen molar-refractivity contribution >= 4 is 60.5 Å². The van der Waals surface area contributed by atoms with Crippen molar-refractivity contribution < 1.29 is 4.42 Å². The molecule has 0 N–H and O–H groups in total. The van der Waals surface area contributed by atoms with Gasteiger partial charge in [-0.2, -0.15) is 0 Å². The number of anilines is 3. The summed E-state index contributed by atoms with van der Waals surface area (Å²) in [5, 5.41) is 7.11. The van der Waals surface area contributed by atoms with Crippen molar-refractivity contribution in [1.82, 2.24) is 0 Å². The fourth-order valence-electron chi connectivity index (χ4n) is 6.73. The lowest BCUT2D eigenvalue weighted by atomic mass is 9.96. The topological polar surface area (TPSA) is 16.4 Å². The Labute approximate surface area is 267 Å². The van der Waals surface area contributed by atoms with Crippen molar-refractivity contribution in [2.45, 2.75) is 0 Å². The molecule has 2 nitrogen and oxygen atoms in total. The van der Waals surface area contributed by atoms with Crippen LogP contribution in [0.15, 0.2) is 180 Å². The van der Waals surface area contributed by atoms with Gasteiger partial charge in [-0.15, -0.1) is 0 Å². The summed E-state index contributed by atoms with van der Waals surface area (Å²) < 4.78 is 6.28. The van der Waals surface area contributed by atoms with E-state index in [2.05, 4.69) is 169 Å². The Kier molecular flexibility index (Phi) is 6.17. The third-order valence-electron chi connectivity index (χ3n) is 9.00. The molecule has 0 aliphatic rings. The second-order valence-corrected chi connectivity index (χ2v) is 11.8. The van der Waals surface area contributed by atoms with Crippen molar-refractivity contribution in [3.63, 3.8) is 0 Å². The van der Waals surface area contributed by atoms with Crippen LogP contribution >= 0.6 is 0 Å². The highest BCUT2D eigenvalue weighted by molar-refractivity contribution is 6.13. The Morgan fingerprint density at radius 2 is 0.935 bits per heavy atom. The number of hydrogen-bond donors (Lipinski definition) is 0. The van der Waals surface area contributed by atoms with E-state index in [9.17, 15) is 0 Å². The van der Waals surface area contributed by atoms with Crippen LogP contribution < -0.4 is 4.90 Å². The lowest BCUT2D eigenvalue weighted by molar-refractivity contribution is 0.669. The number of para-hydroxylation sites is 2. The Hall–Kier alpha value is -6.12. The molecule has 1 aromatic heterocycles. The highest BCUT2D eigenvalue weighted by Crippen LogP contribution is 2.43. The van der Waals surface area contributed by atoms with Crippen LogP contribution in [0.25, 0.3) is 65.7 Å². The highest BCUT2D eigenvalue weighted by atomic mass is 16.3. The predicted octanol–water partition coefficient (Wildman–Crippen LogP) is 12.7. The van der Waals surface area contributed by atoms with E-state index in [0.29, 0.717) is 0 Å². The average molecular weight is 588 g/mol. The molecule has 216 valence electrons. The normalized spacial score (nSPS) is 11.5. The van der Waals surface area contributed by atoms with Gasteiger partial charge in [0.2, 0.25) is 0 Å². The minimum Gasteiger partial charge on any atom is -0.456 e. The molecule has 0 saturated carbocycles. The summed E-state index contributed by atoms with van der Waals surface area (Å²) in [6.07, 6.45) is 0. The molecule has 0 aliphatic carbocycles. The molecule has 0 atom stereocenters. The summed E-state index contributed by atoms with van der Waals surface area (Å²) in [5.74, 6) is 0. The Morgan fingerprint density at radius 3 is 1.70 bits per heavy atom. The third-order valence-corrected chi connectivity index (χ3v) is 9.00. The molecule has 0 fully saturated rings.